The summed E-state index contributed by atoms with van der Waals surface area (Å²) in [5.74, 6) is -0.175. The van der Waals surface area contributed by atoms with Crippen molar-refractivity contribution in [2.75, 3.05) is 0 Å². The molecule has 0 aliphatic carbocycles. The second kappa shape index (κ2) is 8.09. The van der Waals surface area contributed by atoms with Gasteiger partial charge in [-0.1, -0.05) is 24.3 Å². The molecule has 1 radical (unpaired) electrons. The van der Waals surface area contributed by atoms with Gasteiger partial charge in [0.25, 0.3) is 0 Å². The number of phosphoric acid groups is 2. The van der Waals surface area contributed by atoms with Crippen molar-refractivity contribution in [1.29, 1.82) is 0 Å². The van der Waals surface area contributed by atoms with Crippen LogP contribution in [0, 0.1) is 6.92 Å². The summed E-state index contributed by atoms with van der Waals surface area (Å²) < 4.78 is 31.3. The second-order valence-electron chi connectivity index (χ2n) is 4.23. The SMILES string of the molecule is Cc1cc(OP(=O)(O)O)c2ccccc2c1OP(=O)(O)O.O.[Na]. The molecule has 0 spiro atoms. The van der Waals surface area contributed by atoms with E-state index in [-0.39, 0.29) is 62.9 Å². The van der Waals surface area contributed by atoms with Crippen LogP contribution in [0.5, 0.6) is 11.5 Å². The minimum absolute atomic E-state index is 0. The smallest absolute Gasteiger partial charge is 0.412 e. The molecule has 2 aromatic carbocycles. The maximum absolute atomic E-state index is 11.0. The second-order valence-corrected chi connectivity index (χ2v) is 6.56. The summed E-state index contributed by atoms with van der Waals surface area (Å²) in [6.07, 6.45) is 0. The van der Waals surface area contributed by atoms with Gasteiger partial charge >= 0.3 is 15.6 Å². The first kappa shape index (κ1) is 22.6. The van der Waals surface area contributed by atoms with E-state index in [1.165, 1.54) is 25.1 Å². The Kier molecular flexibility index (Phi) is 7.94. The number of hydrogen-bond acceptors (Lipinski definition) is 4. The summed E-state index contributed by atoms with van der Waals surface area (Å²) in [5.41, 5.74) is 0.264. The van der Waals surface area contributed by atoms with Gasteiger partial charge in [0.2, 0.25) is 0 Å². The van der Waals surface area contributed by atoms with Crippen LogP contribution in [0.3, 0.4) is 0 Å². The Morgan fingerprint density at radius 3 is 1.87 bits per heavy atom. The maximum Gasteiger partial charge on any atom is 0.524 e. The van der Waals surface area contributed by atoms with Crippen LogP contribution in [-0.4, -0.2) is 54.6 Å². The fourth-order valence-corrected chi connectivity index (χ4v) is 2.78. The Labute approximate surface area is 153 Å². The molecule has 0 atom stereocenters. The molecule has 0 heterocycles. The molecule has 0 aromatic heterocycles. The van der Waals surface area contributed by atoms with E-state index in [2.05, 4.69) is 9.05 Å². The van der Waals surface area contributed by atoms with E-state index in [4.69, 9.17) is 19.6 Å². The molecule has 0 saturated carbocycles. The number of hydrogen-bond donors (Lipinski definition) is 4. The van der Waals surface area contributed by atoms with Gasteiger partial charge in [0.15, 0.2) is 0 Å². The zero-order chi connectivity index (χ0) is 15.8. The zero-order valence-corrected chi connectivity index (χ0v) is 16.0. The normalized spacial score (nSPS) is 11.3. The predicted molar refractivity (Wildman–Crippen MR) is 83.4 cm³/mol. The van der Waals surface area contributed by atoms with Crippen molar-refractivity contribution >= 4 is 56.0 Å². The zero-order valence-electron chi connectivity index (χ0n) is 12.2. The van der Waals surface area contributed by atoms with Gasteiger partial charge in [0.05, 0.1) is 0 Å². The van der Waals surface area contributed by atoms with Crippen LogP contribution in [-0.2, 0) is 9.13 Å². The molecule has 0 aliphatic heterocycles. The van der Waals surface area contributed by atoms with Gasteiger partial charge in [-0.15, -0.1) is 0 Å². The molecule has 2 rings (SSSR count). The largest absolute Gasteiger partial charge is 0.524 e. The molecule has 23 heavy (non-hydrogen) atoms. The monoisotopic (exact) mass is 375 g/mol. The van der Waals surface area contributed by atoms with E-state index in [1.807, 2.05) is 0 Å². The van der Waals surface area contributed by atoms with Gasteiger partial charge in [-0.2, -0.15) is 0 Å². The van der Waals surface area contributed by atoms with E-state index in [0.717, 1.165) is 0 Å². The molecule has 0 unspecified atom stereocenters. The Morgan fingerprint density at radius 1 is 0.913 bits per heavy atom. The third-order valence-electron chi connectivity index (χ3n) is 2.57. The molecule has 6 N–H and O–H groups in total. The summed E-state index contributed by atoms with van der Waals surface area (Å²) in [6, 6.07) is 7.42. The fourth-order valence-electron chi connectivity index (χ4n) is 1.89. The number of fused-ring (bicyclic) bond motifs is 1. The molecule has 0 aliphatic rings. The minimum Gasteiger partial charge on any atom is -0.412 e. The quantitative estimate of drug-likeness (QED) is 0.452. The summed E-state index contributed by atoms with van der Waals surface area (Å²) in [5, 5.41) is 0.527. The van der Waals surface area contributed by atoms with Crippen LogP contribution in [0.4, 0.5) is 0 Å². The van der Waals surface area contributed by atoms with E-state index >= 15 is 0 Å². The average molecular weight is 375 g/mol. The molecule has 0 bridgehead atoms. The Morgan fingerprint density at radius 2 is 1.39 bits per heavy atom. The Bertz CT molecular complexity index is 782. The van der Waals surface area contributed by atoms with Crippen molar-refractivity contribution in [1.82, 2.24) is 0 Å². The Hall–Kier alpha value is -0.440. The standard InChI is InChI=1S/C11H12O8P2.Na.H2O/c1-7-6-10(18-20(12,13)14)8-4-2-3-5-9(8)11(7)19-21(15,16)17;;/h2-6H,1H3,(H2,12,13,14)(H2,15,16,17);;1H2. The first-order chi connectivity index (χ1) is 9.57. The molecular formula is C11H14NaO9P2. The first-order valence-electron chi connectivity index (χ1n) is 5.59. The molecular weight excluding hydrogens is 361 g/mol. The fraction of sp³-hybridized carbons (Fsp3) is 0.0909. The summed E-state index contributed by atoms with van der Waals surface area (Å²) in [7, 11) is -9.53. The van der Waals surface area contributed by atoms with E-state index < -0.39 is 15.6 Å². The van der Waals surface area contributed by atoms with Gasteiger partial charge in [-0.25, -0.2) is 9.13 Å². The van der Waals surface area contributed by atoms with Crippen LogP contribution < -0.4 is 9.05 Å². The summed E-state index contributed by atoms with van der Waals surface area (Å²) in [6.45, 7) is 1.48. The topological polar surface area (TPSA) is 165 Å². The van der Waals surface area contributed by atoms with Gasteiger partial charge in [0, 0.05) is 40.3 Å². The van der Waals surface area contributed by atoms with Crippen LogP contribution >= 0.6 is 15.6 Å². The first-order valence-corrected chi connectivity index (χ1v) is 8.65. The summed E-state index contributed by atoms with van der Waals surface area (Å²) >= 11 is 0. The molecule has 0 saturated heterocycles. The van der Waals surface area contributed by atoms with Crippen LogP contribution in [0.2, 0.25) is 0 Å². The van der Waals surface area contributed by atoms with Crippen molar-refractivity contribution in [2.24, 2.45) is 0 Å². The van der Waals surface area contributed by atoms with Crippen molar-refractivity contribution in [3.05, 3.63) is 35.9 Å². The molecule has 123 valence electrons. The predicted octanol–water partition coefficient (Wildman–Crippen LogP) is 0.886. The van der Waals surface area contributed by atoms with E-state index in [0.29, 0.717) is 0 Å². The molecule has 0 fully saturated rings. The van der Waals surface area contributed by atoms with Crippen LogP contribution in [0.25, 0.3) is 10.8 Å². The van der Waals surface area contributed by atoms with Crippen molar-refractivity contribution in [3.63, 3.8) is 0 Å². The third kappa shape index (κ3) is 6.17. The molecule has 12 heteroatoms. The van der Waals surface area contributed by atoms with E-state index in [9.17, 15) is 9.13 Å². The maximum atomic E-state index is 11.0. The van der Waals surface area contributed by atoms with Gasteiger partial charge < -0.3 is 14.5 Å². The Balaban J connectivity index is 0.00000242. The number of rotatable bonds is 4. The molecule has 0 amide bonds. The van der Waals surface area contributed by atoms with Crippen molar-refractivity contribution in [2.45, 2.75) is 6.92 Å². The molecule has 2 aromatic rings. The third-order valence-corrected chi connectivity index (χ3v) is 3.43. The number of benzene rings is 2. The van der Waals surface area contributed by atoms with Crippen molar-refractivity contribution in [3.8, 4) is 11.5 Å². The molecule has 9 nitrogen and oxygen atoms in total. The number of phosphoric ester groups is 2. The summed E-state index contributed by atoms with van der Waals surface area (Å²) in [4.78, 5) is 35.7. The van der Waals surface area contributed by atoms with Crippen LogP contribution in [0.15, 0.2) is 30.3 Å². The number of aryl methyl sites for hydroxylation is 1. The van der Waals surface area contributed by atoms with Gasteiger partial charge in [-0.3, -0.25) is 19.6 Å². The minimum atomic E-state index is -4.77. The average Bonchev–Trinajstić information content (AvgIpc) is 2.31. The van der Waals surface area contributed by atoms with Gasteiger partial charge in [0.1, 0.15) is 11.5 Å². The van der Waals surface area contributed by atoms with Crippen molar-refractivity contribution < 1.29 is 43.2 Å². The van der Waals surface area contributed by atoms with Crippen LogP contribution in [0.1, 0.15) is 5.56 Å². The van der Waals surface area contributed by atoms with E-state index in [1.54, 1.807) is 12.1 Å². The van der Waals surface area contributed by atoms with Gasteiger partial charge in [-0.05, 0) is 18.6 Å².